The first-order valence-electron chi connectivity index (χ1n) is 6.53. The molecule has 20 heavy (non-hydrogen) atoms. The SMILES string of the molecule is CNc1nc(NCCC(C)S(C)=O)c2cc(C)sc2n1. The largest absolute Gasteiger partial charge is 0.369 e. The summed E-state index contributed by atoms with van der Waals surface area (Å²) in [4.78, 5) is 11.1. The first kappa shape index (κ1) is 15.2. The molecule has 0 spiro atoms. The maximum Gasteiger partial charge on any atom is 0.225 e. The molecule has 2 unspecified atom stereocenters. The molecule has 0 aliphatic heterocycles. The first-order chi connectivity index (χ1) is 9.51. The molecule has 110 valence electrons. The number of nitrogens with one attached hydrogen (secondary N) is 2. The molecule has 5 nitrogen and oxygen atoms in total. The molecule has 0 aliphatic carbocycles. The molecule has 0 amide bonds. The summed E-state index contributed by atoms with van der Waals surface area (Å²) >= 11 is 1.66. The monoisotopic (exact) mass is 312 g/mol. The molecule has 7 heteroatoms. The number of hydrogen-bond donors (Lipinski definition) is 2. The fraction of sp³-hybridized carbons (Fsp3) is 0.538. The van der Waals surface area contributed by atoms with Gasteiger partial charge in [-0.2, -0.15) is 4.98 Å². The molecule has 0 saturated heterocycles. The van der Waals surface area contributed by atoms with Crippen LogP contribution in [0.1, 0.15) is 18.2 Å². The van der Waals surface area contributed by atoms with Crippen molar-refractivity contribution in [2.75, 3.05) is 30.5 Å². The van der Waals surface area contributed by atoms with E-state index >= 15 is 0 Å². The third-order valence-electron chi connectivity index (χ3n) is 3.15. The highest BCUT2D eigenvalue weighted by molar-refractivity contribution is 7.84. The maximum absolute atomic E-state index is 11.4. The van der Waals surface area contributed by atoms with E-state index in [1.807, 2.05) is 14.0 Å². The molecule has 0 radical (unpaired) electrons. The minimum Gasteiger partial charge on any atom is -0.369 e. The van der Waals surface area contributed by atoms with Crippen LogP contribution >= 0.6 is 11.3 Å². The van der Waals surface area contributed by atoms with E-state index in [0.29, 0.717) is 5.95 Å². The zero-order chi connectivity index (χ0) is 14.7. The lowest BCUT2D eigenvalue weighted by molar-refractivity contribution is 0.672. The van der Waals surface area contributed by atoms with Crippen LogP contribution in [-0.2, 0) is 10.8 Å². The molecular formula is C13H20N4OS2. The van der Waals surface area contributed by atoms with Crippen LogP contribution in [0.2, 0.25) is 0 Å². The molecular weight excluding hydrogens is 292 g/mol. The van der Waals surface area contributed by atoms with Gasteiger partial charge in [0.2, 0.25) is 5.95 Å². The Morgan fingerprint density at radius 1 is 1.45 bits per heavy atom. The van der Waals surface area contributed by atoms with Crippen molar-refractivity contribution in [3.63, 3.8) is 0 Å². The van der Waals surface area contributed by atoms with Crippen LogP contribution in [0.5, 0.6) is 0 Å². The summed E-state index contributed by atoms with van der Waals surface area (Å²) in [6.07, 6.45) is 2.60. The summed E-state index contributed by atoms with van der Waals surface area (Å²) in [6, 6.07) is 2.10. The molecule has 2 atom stereocenters. The normalized spacial score (nSPS) is 14.2. The van der Waals surface area contributed by atoms with Crippen LogP contribution in [0.3, 0.4) is 0 Å². The minimum atomic E-state index is -0.780. The fourth-order valence-electron chi connectivity index (χ4n) is 1.85. The van der Waals surface area contributed by atoms with Crippen molar-refractivity contribution < 1.29 is 4.21 Å². The van der Waals surface area contributed by atoms with Gasteiger partial charge in [-0.05, 0) is 19.4 Å². The highest BCUT2D eigenvalue weighted by Gasteiger charge is 2.11. The van der Waals surface area contributed by atoms with E-state index in [2.05, 4.69) is 33.6 Å². The van der Waals surface area contributed by atoms with Crippen LogP contribution in [0, 0.1) is 6.92 Å². The van der Waals surface area contributed by atoms with Crippen molar-refractivity contribution in [3.05, 3.63) is 10.9 Å². The standard InChI is InChI=1S/C13H20N4OS2/c1-8-7-10-11(15-6-5-9(2)20(4)18)16-13(14-3)17-12(10)19-8/h7,9H,5-6H2,1-4H3,(H2,14,15,16,17). The third-order valence-corrected chi connectivity index (χ3v) is 5.46. The van der Waals surface area contributed by atoms with Crippen LogP contribution in [-0.4, -0.2) is 39.3 Å². The topological polar surface area (TPSA) is 66.9 Å². The van der Waals surface area contributed by atoms with Crippen molar-refractivity contribution in [1.29, 1.82) is 0 Å². The lowest BCUT2D eigenvalue weighted by Crippen LogP contribution is -2.15. The van der Waals surface area contributed by atoms with Crippen LogP contribution < -0.4 is 10.6 Å². The van der Waals surface area contributed by atoms with Gasteiger partial charge in [0.05, 0.1) is 5.39 Å². The van der Waals surface area contributed by atoms with Crippen molar-refractivity contribution in [2.45, 2.75) is 25.5 Å². The Bertz CT molecular complexity index is 626. The van der Waals surface area contributed by atoms with Gasteiger partial charge in [-0.15, -0.1) is 11.3 Å². The Labute approximate surface area is 125 Å². The average Bonchev–Trinajstić information content (AvgIpc) is 2.78. The zero-order valence-electron chi connectivity index (χ0n) is 12.2. The maximum atomic E-state index is 11.4. The highest BCUT2D eigenvalue weighted by Crippen LogP contribution is 2.29. The van der Waals surface area contributed by atoms with E-state index < -0.39 is 10.8 Å². The molecule has 2 rings (SSSR count). The van der Waals surface area contributed by atoms with E-state index in [1.54, 1.807) is 17.6 Å². The summed E-state index contributed by atoms with van der Waals surface area (Å²) < 4.78 is 11.4. The van der Waals surface area contributed by atoms with E-state index in [1.165, 1.54) is 4.88 Å². The second-order valence-corrected chi connectivity index (χ2v) is 7.78. The summed E-state index contributed by atoms with van der Waals surface area (Å²) in [5, 5.41) is 7.56. The number of anilines is 2. The van der Waals surface area contributed by atoms with Crippen LogP contribution in [0.15, 0.2) is 6.07 Å². The van der Waals surface area contributed by atoms with Gasteiger partial charge in [0.15, 0.2) is 0 Å². The van der Waals surface area contributed by atoms with Gasteiger partial charge in [-0.3, -0.25) is 4.21 Å². The van der Waals surface area contributed by atoms with Gasteiger partial charge in [-0.25, -0.2) is 4.98 Å². The van der Waals surface area contributed by atoms with Gasteiger partial charge in [0, 0.05) is 40.8 Å². The van der Waals surface area contributed by atoms with Crippen molar-refractivity contribution >= 4 is 44.1 Å². The minimum absolute atomic E-state index is 0.188. The summed E-state index contributed by atoms with van der Waals surface area (Å²) in [7, 11) is 1.03. The Hall–Kier alpha value is -1.21. The molecule has 2 heterocycles. The van der Waals surface area contributed by atoms with Gasteiger partial charge in [0.1, 0.15) is 10.6 Å². The van der Waals surface area contributed by atoms with Crippen LogP contribution in [0.4, 0.5) is 11.8 Å². The summed E-state index contributed by atoms with van der Waals surface area (Å²) in [6.45, 7) is 4.82. The number of aromatic nitrogens is 2. The predicted octanol–water partition coefficient (Wildman–Crippen LogP) is 2.61. The van der Waals surface area contributed by atoms with Gasteiger partial charge in [0.25, 0.3) is 0 Å². The molecule has 2 N–H and O–H groups in total. The van der Waals surface area contributed by atoms with E-state index in [-0.39, 0.29) is 5.25 Å². The quantitative estimate of drug-likeness (QED) is 0.858. The van der Waals surface area contributed by atoms with Crippen molar-refractivity contribution in [3.8, 4) is 0 Å². The lowest BCUT2D eigenvalue weighted by atomic mass is 10.3. The molecule has 0 fully saturated rings. The lowest BCUT2D eigenvalue weighted by Gasteiger charge is -2.11. The number of hydrogen-bond acceptors (Lipinski definition) is 6. The number of fused-ring (bicyclic) bond motifs is 1. The Balaban J connectivity index is 2.17. The van der Waals surface area contributed by atoms with Gasteiger partial charge in [-0.1, -0.05) is 6.92 Å². The molecule has 0 bridgehead atoms. The Morgan fingerprint density at radius 2 is 2.20 bits per heavy atom. The van der Waals surface area contributed by atoms with E-state index in [0.717, 1.165) is 29.0 Å². The Kier molecular flexibility index (Phi) is 4.93. The smallest absolute Gasteiger partial charge is 0.225 e. The van der Waals surface area contributed by atoms with E-state index in [4.69, 9.17) is 0 Å². The fourth-order valence-corrected chi connectivity index (χ4v) is 3.18. The third kappa shape index (κ3) is 3.46. The average molecular weight is 312 g/mol. The van der Waals surface area contributed by atoms with Gasteiger partial charge < -0.3 is 10.6 Å². The molecule has 0 saturated carbocycles. The van der Waals surface area contributed by atoms with Crippen molar-refractivity contribution in [1.82, 2.24) is 9.97 Å². The molecule has 0 aliphatic rings. The number of nitrogens with zero attached hydrogens (tertiary/aromatic N) is 2. The zero-order valence-corrected chi connectivity index (χ0v) is 13.8. The molecule has 2 aromatic rings. The van der Waals surface area contributed by atoms with Gasteiger partial charge >= 0.3 is 0 Å². The number of aryl methyl sites for hydroxylation is 1. The number of thiophene rings is 1. The second kappa shape index (κ2) is 6.49. The van der Waals surface area contributed by atoms with E-state index in [9.17, 15) is 4.21 Å². The molecule has 0 aromatic carbocycles. The second-order valence-electron chi connectivity index (χ2n) is 4.75. The number of rotatable bonds is 6. The van der Waals surface area contributed by atoms with Crippen molar-refractivity contribution in [2.24, 2.45) is 0 Å². The summed E-state index contributed by atoms with van der Waals surface area (Å²) in [5.74, 6) is 1.46. The first-order valence-corrected chi connectivity index (χ1v) is 8.97. The summed E-state index contributed by atoms with van der Waals surface area (Å²) in [5.41, 5.74) is 0. The molecule has 2 aromatic heterocycles. The Morgan fingerprint density at radius 3 is 2.85 bits per heavy atom. The highest BCUT2D eigenvalue weighted by atomic mass is 32.2. The predicted molar refractivity (Wildman–Crippen MR) is 88.3 cm³/mol. The van der Waals surface area contributed by atoms with Crippen LogP contribution in [0.25, 0.3) is 10.2 Å².